The van der Waals surface area contributed by atoms with E-state index in [4.69, 9.17) is 10.2 Å². The lowest BCUT2D eigenvalue weighted by molar-refractivity contribution is 0.750. The molecule has 350 valence electrons. The minimum Gasteiger partial charge on any atom is -0.310 e. The van der Waals surface area contributed by atoms with Crippen molar-refractivity contribution in [2.24, 2.45) is 0 Å². The van der Waals surface area contributed by atoms with E-state index in [-0.39, 0.29) is 0 Å². The highest BCUT2D eigenvalue weighted by molar-refractivity contribution is 5.98. The molecule has 4 aliphatic rings. The van der Waals surface area contributed by atoms with Crippen LogP contribution in [-0.2, 0) is 10.8 Å². The summed E-state index contributed by atoms with van der Waals surface area (Å²) in [4.78, 5) is 4.91. The Hall–Kier alpha value is -9.12. The monoisotopic (exact) mass is 946 g/mol. The Labute approximate surface area is 432 Å². The SMILES string of the molecule is Cc1ccc2c(c1)C1(c3ccccc3-c3ccccc31)c1cc(C)ccc1N2c1ccc(-c2ccc(-c3ccc(N4c5ccc(C)cc5C5(c6ccccc6-c6ccccc65)c5cc(C)ccc54)cc3)nn2)cc1. The summed E-state index contributed by atoms with van der Waals surface area (Å²) in [6, 6.07) is 85.9. The van der Waals surface area contributed by atoms with Gasteiger partial charge in [-0.25, -0.2) is 0 Å². The minimum atomic E-state index is -0.452. The molecule has 4 nitrogen and oxygen atoms in total. The summed E-state index contributed by atoms with van der Waals surface area (Å²) in [5.74, 6) is 0. The van der Waals surface area contributed by atoms with Gasteiger partial charge in [-0.05, 0) is 155 Å². The van der Waals surface area contributed by atoms with E-state index in [2.05, 4.69) is 268 Å². The lowest BCUT2D eigenvalue weighted by atomic mass is 9.64. The molecule has 0 saturated carbocycles. The molecule has 1 aromatic heterocycles. The molecule has 0 radical (unpaired) electrons. The van der Waals surface area contributed by atoms with Crippen LogP contribution in [0.1, 0.15) is 66.8 Å². The van der Waals surface area contributed by atoms with Gasteiger partial charge in [-0.3, -0.25) is 0 Å². The number of aromatic nitrogens is 2. The number of rotatable bonds is 4. The molecule has 15 rings (SSSR count). The Bertz CT molecular complexity index is 3660. The Morgan fingerprint density at radius 2 is 0.541 bits per heavy atom. The highest BCUT2D eigenvalue weighted by Gasteiger charge is 2.53. The first-order chi connectivity index (χ1) is 36.3. The van der Waals surface area contributed by atoms with Crippen molar-refractivity contribution in [3.63, 3.8) is 0 Å². The van der Waals surface area contributed by atoms with Crippen LogP contribution in [0, 0.1) is 27.7 Å². The van der Waals surface area contributed by atoms with Gasteiger partial charge >= 0.3 is 0 Å². The molecule has 10 aromatic carbocycles. The number of hydrogen-bond acceptors (Lipinski definition) is 4. The molecule has 4 heteroatoms. The van der Waals surface area contributed by atoms with Gasteiger partial charge in [-0.1, -0.05) is 192 Å². The van der Waals surface area contributed by atoms with Crippen molar-refractivity contribution in [2.45, 2.75) is 38.5 Å². The van der Waals surface area contributed by atoms with E-state index in [1.807, 2.05) is 0 Å². The number of hydrogen-bond donors (Lipinski definition) is 0. The molecule has 0 unspecified atom stereocenters. The molecular weight excluding hydrogens is 897 g/mol. The zero-order valence-corrected chi connectivity index (χ0v) is 41.7. The van der Waals surface area contributed by atoms with Crippen LogP contribution in [0.25, 0.3) is 44.8 Å². The molecular formula is C70H50N4. The Morgan fingerprint density at radius 3 is 0.811 bits per heavy atom. The molecule has 0 N–H and O–H groups in total. The average molecular weight is 947 g/mol. The second-order valence-electron chi connectivity index (χ2n) is 20.8. The Balaban J connectivity index is 0.766. The highest BCUT2D eigenvalue weighted by atomic mass is 15.2. The first kappa shape index (κ1) is 42.6. The van der Waals surface area contributed by atoms with Crippen LogP contribution in [0.2, 0.25) is 0 Å². The number of aryl methyl sites for hydroxylation is 4. The van der Waals surface area contributed by atoms with Gasteiger partial charge in [0.05, 0.1) is 45.0 Å². The zero-order valence-electron chi connectivity index (χ0n) is 41.7. The molecule has 2 aliphatic carbocycles. The normalized spacial score (nSPS) is 14.4. The lowest BCUT2D eigenvalue weighted by Crippen LogP contribution is -2.36. The second-order valence-corrected chi connectivity index (χ2v) is 20.8. The molecule has 74 heavy (non-hydrogen) atoms. The first-order valence-electron chi connectivity index (χ1n) is 25.8. The highest BCUT2D eigenvalue weighted by Crippen LogP contribution is 2.65. The summed E-state index contributed by atoms with van der Waals surface area (Å²) >= 11 is 0. The quantitative estimate of drug-likeness (QED) is 0.176. The van der Waals surface area contributed by atoms with Gasteiger partial charge in [0.2, 0.25) is 0 Å². The number of nitrogens with zero attached hydrogens (tertiary/aromatic N) is 4. The van der Waals surface area contributed by atoms with Crippen molar-refractivity contribution in [3.05, 3.63) is 297 Å². The molecule has 0 fully saturated rings. The number of benzene rings is 10. The Kier molecular flexibility index (Phi) is 9.02. The molecule has 11 aromatic rings. The van der Waals surface area contributed by atoms with E-state index in [1.54, 1.807) is 0 Å². The van der Waals surface area contributed by atoms with Crippen LogP contribution in [-0.4, -0.2) is 10.2 Å². The molecule has 0 atom stereocenters. The summed E-state index contributed by atoms with van der Waals surface area (Å²) in [6.45, 7) is 8.85. The third-order valence-electron chi connectivity index (χ3n) is 16.6. The van der Waals surface area contributed by atoms with E-state index in [0.717, 1.165) is 33.9 Å². The predicted molar refractivity (Wildman–Crippen MR) is 303 cm³/mol. The summed E-state index contributed by atoms with van der Waals surface area (Å²) in [6.07, 6.45) is 0. The fraction of sp³-hybridized carbons (Fsp3) is 0.0857. The van der Waals surface area contributed by atoms with Gasteiger partial charge in [0.25, 0.3) is 0 Å². The standard InChI is InChI=1S/C70H50N4/c1-43-21-35-65-59(39-43)69(55-17-9-5-13-51(55)52-14-6-10-18-56(52)69)60-40-44(2)22-36-66(60)73(65)49-29-25-47(26-30-49)63-33-34-64(72-71-63)48-27-31-50(32-28-48)74-67-37-23-45(3)41-61(67)70(62-42-46(4)24-38-68(62)74)57-19-11-7-15-53(57)54-16-8-12-20-58(54)70/h5-42H,1-4H3. The largest absolute Gasteiger partial charge is 0.310 e. The van der Waals surface area contributed by atoms with Crippen LogP contribution in [0.4, 0.5) is 34.1 Å². The van der Waals surface area contributed by atoms with Gasteiger partial charge < -0.3 is 9.80 Å². The van der Waals surface area contributed by atoms with E-state index >= 15 is 0 Å². The van der Waals surface area contributed by atoms with Crippen molar-refractivity contribution in [3.8, 4) is 44.8 Å². The summed E-state index contributed by atoms with van der Waals surface area (Å²) in [5.41, 5.74) is 30.5. The maximum absolute atomic E-state index is 4.84. The van der Waals surface area contributed by atoms with E-state index in [0.29, 0.717) is 0 Å². The third-order valence-corrected chi connectivity index (χ3v) is 16.6. The van der Waals surface area contributed by atoms with Crippen LogP contribution in [0.3, 0.4) is 0 Å². The molecule has 0 amide bonds. The fourth-order valence-corrected chi connectivity index (χ4v) is 13.5. The maximum atomic E-state index is 4.84. The van der Waals surface area contributed by atoms with Crippen molar-refractivity contribution in [1.82, 2.24) is 10.2 Å². The van der Waals surface area contributed by atoms with Gasteiger partial charge in [-0.15, -0.1) is 10.2 Å². The molecule has 2 spiro atoms. The van der Waals surface area contributed by atoms with E-state index < -0.39 is 10.8 Å². The van der Waals surface area contributed by atoms with Crippen LogP contribution < -0.4 is 9.80 Å². The summed E-state index contributed by atoms with van der Waals surface area (Å²) < 4.78 is 0. The maximum Gasteiger partial charge on any atom is 0.0930 e. The predicted octanol–water partition coefficient (Wildman–Crippen LogP) is 17.3. The average Bonchev–Trinajstić information content (AvgIpc) is 3.91. The van der Waals surface area contributed by atoms with E-state index in [1.165, 1.54) is 112 Å². The van der Waals surface area contributed by atoms with Crippen molar-refractivity contribution < 1.29 is 0 Å². The van der Waals surface area contributed by atoms with Gasteiger partial charge in [0.1, 0.15) is 0 Å². The van der Waals surface area contributed by atoms with E-state index in [9.17, 15) is 0 Å². The van der Waals surface area contributed by atoms with Gasteiger partial charge in [0, 0.05) is 22.5 Å². The van der Waals surface area contributed by atoms with Crippen molar-refractivity contribution in [2.75, 3.05) is 9.80 Å². The molecule has 0 bridgehead atoms. The number of fused-ring (bicyclic) bond motifs is 18. The van der Waals surface area contributed by atoms with Crippen molar-refractivity contribution >= 4 is 34.1 Å². The second kappa shape index (κ2) is 15.7. The van der Waals surface area contributed by atoms with Crippen LogP contribution in [0.15, 0.2) is 231 Å². The number of anilines is 6. The summed E-state index contributed by atoms with van der Waals surface area (Å²) in [5, 5.41) is 9.68. The third kappa shape index (κ3) is 5.74. The molecule has 3 heterocycles. The smallest absolute Gasteiger partial charge is 0.0930 e. The molecule has 0 saturated heterocycles. The van der Waals surface area contributed by atoms with Crippen molar-refractivity contribution in [1.29, 1.82) is 0 Å². The summed E-state index contributed by atoms with van der Waals surface area (Å²) in [7, 11) is 0. The zero-order chi connectivity index (χ0) is 49.5. The Morgan fingerprint density at radius 1 is 0.270 bits per heavy atom. The van der Waals surface area contributed by atoms with Gasteiger partial charge in [-0.2, -0.15) is 0 Å². The van der Waals surface area contributed by atoms with Gasteiger partial charge in [0.15, 0.2) is 0 Å². The van der Waals surface area contributed by atoms with Crippen LogP contribution >= 0.6 is 0 Å². The first-order valence-corrected chi connectivity index (χ1v) is 25.8. The minimum absolute atomic E-state index is 0.452. The topological polar surface area (TPSA) is 32.3 Å². The lowest BCUT2D eigenvalue weighted by Gasteiger charge is -2.45. The fourth-order valence-electron chi connectivity index (χ4n) is 13.5. The van der Waals surface area contributed by atoms with Crippen LogP contribution in [0.5, 0.6) is 0 Å². The molecule has 2 aliphatic heterocycles.